The van der Waals surface area contributed by atoms with E-state index in [1.807, 2.05) is 25.7 Å². The van der Waals surface area contributed by atoms with E-state index in [0.29, 0.717) is 11.3 Å². The number of likely N-dealkylation sites (tertiary alicyclic amines) is 1. The summed E-state index contributed by atoms with van der Waals surface area (Å²) in [5, 5.41) is 0. The fraction of sp³-hybridized carbons (Fsp3) is 0.917. The van der Waals surface area contributed by atoms with Crippen molar-refractivity contribution in [2.45, 2.75) is 47.5 Å². The van der Waals surface area contributed by atoms with Crippen LogP contribution in [-0.2, 0) is 4.79 Å². The van der Waals surface area contributed by atoms with Crippen molar-refractivity contribution in [2.75, 3.05) is 13.1 Å². The number of amides is 1. The van der Waals surface area contributed by atoms with E-state index in [4.69, 9.17) is 0 Å². The number of carbonyl (C=O) groups is 1. The SMILES string of the molecule is CC1(C)CCN(C(=O)C(C)(C)C)CC1. The Bertz CT molecular complexity index is 215. The Morgan fingerprint density at radius 3 is 1.93 bits per heavy atom. The van der Waals surface area contributed by atoms with Crippen LogP contribution in [0.2, 0.25) is 0 Å². The molecule has 1 aliphatic heterocycles. The van der Waals surface area contributed by atoms with Gasteiger partial charge in [-0.3, -0.25) is 4.79 Å². The van der Waals surface area contributed by atoms with Crippen LogP contribution in [-0.4, -0.2) is 23.9 Å². The van der Waals surface area contributed by atoms with Gasteiger partial charge in [-0.1, -0.05) is 34.6 Å². The molecule has 1 fully saturated rings. The van der Waals surface area contributed by atoms with Crippen LogP contribution in [0.25, 0.3) is 0 Å². The molecule has 0 radical (unpaired) electrons. The lowest BCUT2D eigenvalue weighted by atomic mass is 9.81. The third kappa shape index (κ3) is 2.73. The summed E-state index contributed by atoms with van der Waals surface area (Å²) < 4.78 is 0. The van der Waals surface area contributed by atoms with E-state index in [0.717, 1.165) is 25.9 Å². The summed E-state index contributed by atoms with van der Waals surface area (Å²) in [4.78, 5) is 14.0. The molecule has 1 amide bonds. The van der Waals surface area contributed by atoms with Crippen molar-refractivity contribution >= 4 is 5.91 Å². The molecule has 2 heteroatoms. The topological polar surface area (TPSA) is 20.3 Å². The Hall–Kier alpha value is -0.530. The number of piperidine rings is 1. The predicted molar refractivity (Wildman–Crippen MR) is 59.1 cm³/mol. The van der Waals surface area contributed by atoms with Crippen LogP contribution < -0.4 is 0 Å². The number of hydrogen-bond donors (Lipinski definition) is 0. The first-order chi connectivity index (χ1) is 6.22. The highest BCUT2D eigenvalue weighted by Gasteiger charge is 2.32. The summed E-state index contributed by atoms with van der Waals surface area (Å²) in [6.07, 6.45) is 2.27. The lowest BCUT2D eigenvalue weighted by Crippen LogP contribution is -2.45. The summed E-state index contributed by atoms with van der Waals surface area (Å²) in [7, 11) is 0. The number of carbonyl (C=O) groups excluding carboxylic acids is 1. The van der Waals surface area contributed by atoms with Crippen molar-refractivity contribution < 1.29 is 4.79 Å². The van der Waals surface area contributed by atoms with Gasteiger partial charge >= 0.3 is 0 Å². The van der Waals surface area contributed by atoms with E-state index in [9.17, 15) is 4.79 Å². The smallest absolute Gasteiger partial charge is 0.227 e. The first-order valence-electron chi connectivity index (χ1n) is 5.52. The van der Waals surface area contributed by atoms with Crippen LogP contribution >= 0.6 is 0 Å². The van der Waals surface area contributed by atoms with Gasteiger partial charge in [0.2, 0.25) is 5.91 Å². The summed E-state index contributed by atoms with van der Waals surface area (Å²) in [6.45, 7) is 12.4. The van der Waals surface area contributed by atoms with E-state index in [2.05, 4.69) is 13.8 Å². The van der Waals surface area contributed by atoms with Crippen LogP contribution in [0.1, 0.15) is 47.5 Å². The van der Waals surface area contributed by atoms with Gasteiger partial charge in [0.25, 0.3) is 0 Å². The Morgan fingerprint density at radius 2 is 1.57 bits per heavy atom. The molecule has 0 N–H and O–H groups in total. The molecule has 1 aliphatic rings. The first kappa shape index (κ1) is 11.5. The molecule has 0 unspecified atom stereocenters. The summed E-state index contributed by atoms with van der Waals surface area (Å²) in [5.41, 5.74) is 0.205. The molecule has 2 nitrogen and oxygen atoms in total. The quantitative estimate of drug-likeness (QED) is 0.584. The second kappa shape index (κ2) is 3.56. The molecule has 0 spiro atoms. The highest BCUT2D eigenvalue weighted by atomic mass is 16.2. The van der Waals surface area contributed by atoms with Crippen molar-refractivity contribution in [1.82, 2.24) is 4.90 Å². The van der Waals surface area contributed by atoms with Gasteiger partial charge in [-0.2, -0.15) is 0 Å². The highest BCUT2D eigenvalue weighted by molar-refractivity contribution is 5.81. The van der Waals surface area contributed by atoms with Crippen LogP contribution in [0.4, 0.5) is 0 Å². The largest absolute Gasteiger partial charge is 0.342 e. The minimum absolute atomic E-state index is 0.221. The minimum Gasteiger partial charge on any atom is -0.342 e. The standard InChI is InChI=1S/C12H23NO/c1-11(2,3)10(14)13-8-6-12(4,5)7-9-13/h6-9H2,1-5H3. The second-order valence-corrected chi connectivity index (χ2v) is 6.21. The Balaban J connectivity index is 2.55. The monoisotopic (exact) mass is 197 g/mol. The fourth-order valence-electron chi connectivity index (χ4n) is 1.79. The van der Waals surface area contributed by atoms with Crippen molar-refractivity contribution in [3.05, 3.63) is 0 Å². The predicted octanol–water partition coefficient (Wildman–Crippen LogP) is 2.68. The van der Waals surface area contributed by atoms with Crippen molar-refractivity contribution in [3.63, 3.8) is 0 Å². The van der Waals surface area contributed by atoms with Gasteiger partial charge in [0.15, 0.2) is 0 Å². The summed E-state index contributed by atoms with van der Waals surface area (Å²) in [6, 6.07) is 0. The third-order valence-electron chi connectivity index (χ3n) is 3.05. The molecular weight excluding hydrogens is 174 g/mol. The molecule has 1 rings (SSSR count). The Labute approximate surface area is 87.7 Å². The molecule has 0 aliphatic carbocycles. The normalized spacial score (nSPS) is 22.2. The molecule has 1 saturated heterocycles. The molecule has 0 bridgehead atoms. The average Bonchev–Trinajstić information content (AvgIpc) is 2.01. The maximum absolute atomic E-state index is 12.0. The molecule has 82 valence electrons. The van der Waals surface area contributed by atoms with Gasteiger partial charge < -0.3 is 4.90 Å². The molecule has 0 aromatic carbocycles. The molecule has 14 heavy (non-hydrogen) atoms. The fourth-order valence-corrected chi connectivity index (χ4v) is 1.79. The van der Waals surface area contributed by atoms with Gasteiger partial charge in [0.1, 0.15) is 0 Å². The van der Waals surface area contributed by atoms with Gasteiger partial charge in [0.05, 0.1) is 0 Å². The number of hydrogen-bond acceptors (Lipinski definition) is 1. The lowest BCUT2D eigenvalue weighted by molar-refractivity contribution is -0.141. The molecule has 0 aromatic heterocycles. The molecule has 0 saturated carbocycles. The van der Waals surface area contributed by atoms with Gasteiger partial charge in [-0.25, -0.2) is 0 Å². The van der Waals surface area contributed by atoms with Gasteiger partial charge in [-0.05, 0) is 18.3 Å². The second-order valence-electron chi connectivity index (χ2n) is 6.21. The van der Waals surface area contributed by atoms with Gasteiger partial charge in [0, 0.05) is 18.5 Å². The van der Waals surface area contributed by atoms with Crippen LogP contribution in [0.5, 0.6) is 0 Å². The van der Waals surface area contributed by atoms with Gasteiger partial charge in [-0.15, -0.1) is 0 Å². The zero-order valence-electron chi connectivity index (χ0n) is 10.2. The zero-order chi connectivity index (χ0) is 11.0. The van der Waals surface area contributed by atoms with Crippen molar-refractivity contribution in [2.24, 2.45) is 10.8 Å². The maximum atomic E-state index is 12.0. The summed E-state index contributed by atoms with van der Waals surface area (Å²) in [5.74, 6) is 0.299. The number of nitrogens with zero attached hydrogens (tertiary/aromatic N) is 1. The molecule has 1 heterocycles. The van der Waals surface area contributed by atoms with Crippen LogP contribution in [0.15, 0.2) is 0 Å². The Morgan fingerprint density at radius 1 is 1.14 bits per heavy atom. The van der Waals surface area contributed by atoms with E-state index in [1.54, 1.807) is 0 Å². The van der Waals surface area contributed by atoms with E-state index >= 15 is 0 Å². The zero-order valence-corrected chi connectivity index (χ0v) is 10.2. The average molecular weight is 197 g/mol. The summed E-state index contributed by atoms with van der Waals surface area (Å²) >= 11 is 0. The minimum atomic E-state index is -0.221. The first-order valence-corrected chi connectivity index (χ1v) is 5.52. The maximum Gasteiger partial charge on any atom is 0.227 e. The lowest BCUT2D eigenvalue weighted by Gasteiger charge is -2.39. The van der Waals surface area contributed by atoms with Crippen molar-refractivity contribution in [1.29, 1.82) is 0 Å². The number of rotatable bonds is 0. The molecule has 0 aromatic rings. The van der Waals surface area contributed by atoms with E-state index < -0.39 is 0 Å². The third-order valence-corrected chi connectivity index (χ3v) is 3.05. The van der Waals surface area contributed by atoms with Crippen molar-refractivity contribution in [3.8, 4) is 0 Å². The molecule has 0 atom stereocenters. The van der Waals surface area contributed by atoms with E-state index in [1.165, 1.54) is 0 Å². The Kier molecular flexibility index (Phi) is 2.93. The van der Waals surface area contributed by atoms with Crippen LogP contribution in [0.3, 0.4) is 0 Å². The van der Waals surface area contributed by atoms with Crippen LogP contribution in [0, 0.1) is 10.8 Å². The highest BCUT2D eigenvalue weighted by Crippen LogP contribution is 2.31. The van der Waals surface area contributed by atoms with E-state index in [-0.39, 0.29) is 5.41 Å². The molecular formula is C12H23NO.